The summed E-state index contributed by atoms with van der Waals surface area (Å²) in [6.07, 6.45) is 3.19. The minimum atomic E-state index is -2.26. The number of nitrogens with one attached hydrogen (secondary N) is 1. The predicted octanol–water partition coefficient (Wildman–Crippen LogP) is 4.61. The summed E-state index contributed by atoms with van der Waals surface area (Å²) in [7, 11) is -2.26. The normalized spacial score (nSPS) is 12.8. The van der Waals surface area contributed by atoms with Gasteiger partial charge in [-0.1, -0.05) is 12.1 Å². The van der Waals surface area contributed by atoms with E-state index in [1.807, 2.05) is 26.0 Å². The molecule has 0 saturated heterocycles. The summed E-state index contributed by atoms with van der Waals surface area (Å²) in [6.45, 7) is 3.81. The van der Waals surface area contributed by atoms with Crippen molar-refractivity contribution in [2.45, 2.75) is 19.9 Å². The van der Waals surface area contributed by atoms with E-state index in [9.17, 15) is 8.60 Å². The van der Waals surface area contributed by atoms with E-state index in [4.69, 9.17) is 0 Å². The number of aryl methyl sites for hydroxylation is 1. The van der Waals surface area contributed by atoms with Gasteiger partial charge in [0.1, 0.15) is 17.5 Å². The van der Waals surface area contributed by atoms with Crippen LogP contribution in [0, 0.1) is 12.7 Å². The fourth-order valence-corrected chi connectivity index (χ4v) is 3.31. The van der Waals surface area contributed by atoms with E-state index in [0.29, 0.717) is 17.3 Å². The maximum Gasteiger partial charge on any atom is 0.138 e. The molecule has 0 aliphatic carbocycles. The predicted molar refractivity (Wildman–Crippen MR) is 105 cm³/mol. The topological polar surface area (TPSA) is 67.2 Å². The third kappa shape index (κ3) is 4.35. The van der Waals surface area contributed by atoms with Crippen LogP contribution in [0.4, 0.5) is 15.9 Å². The number of hydrogen-bond donors (Lipinski definition) is 1. The third-order valence-electron chi connectivity index (χ3n) is 3.84. The van der Waals surface area contributed by atoms with Gasteiger partial charge in [0.15, 0.2) is 0 Å². The van der Waals surface area contributed by atoms with E-state index in [1.165, 1.54) is 12.1 Å². The Bertz CT molecular complexity index is 1060. The first-order chi connectivity index (χ1) is 12.2. The van der Waals surface area contributed by atoms with Crippen LogP contribution in [-0.4, -0.2) is 26.7 Å². The molecule has 0 bridgehead atoms. The molecule has 5 nitrogen and oxygen atoms in total. The van der Waals surface area contributed by atoms with Crippen LogP contribution in [0.1, 0.15) is 24.4 Å². The van der Waals surface area contributed by atoms with Gasteiger partial charge in [-0.15, -0.1) is 0 Å². The van der Waals surface area contributed by atoms with E-state index in [1.54, 1.807) is 30.7 Å². The second kappa shape index (κ2) is 6.99. The molecule has 3 rings (SSSR count). The van der Waals surface area contributed by atoms with Crippen LogP contribution in [0.25, 0.3) is 10.9 Å². The molecule has 0 radical (unpaired) electrons. The van der Waals surface area contributed by atoms with Gasteiger partial charge in [-0.3, -0.25) is 0 Å². The van der Waals surface area contributed by atoms with Crippen molar-refractivity contribution in [1.82, 2.24) is 9.97 Å². The van der Waals surface area contributed by atoms with Gasteiger partial charge in [0.2, 0.25) is 0 Å². The molecule has 7 heteroatoms. The molecule has 0 fully saturated rings. The van der Waals surface area contributed by atoms with Gasteiger partial charge in [0.25, 0.3) is 0 Å². The Morgan fingerprint density at radius 2 is 1.81 bits per heavy atom. The molecular weight excluding hydrogens is 351 g/mol. The maximum absolute atomic E-state index is 13.1. The zero-order valence-corrected chi connectivity index (χ0v) is 16.0. The highest BCUT2D eigenvalue weighted by Crippen LogP contribution is 2.28. The number of halogens is 1. The van der Waals surface area contributed by atoms with Crippen LogP contribution in [0.2, 0.25) is 0 Å². The zero-order chi connectivity index (χ0) is 18.9. The molecule has 2 aromatic carbocycles. The Kier molecular flexibility index (Phi) is 4.91. The Morgan fingerprint density at radius 3 is 2.46 bits per heavy atom. The van der Waals surface area contributed by atoms with Gasteiger partial charge in [0, 0.05) is 33.7 Å². The lowest BCUT2D eigenvalue weighted by Crippen LogP contribution is -2.09. The lowest BCUT2D eigenvalue weighted by Gasteiger charge is -2.17. The average Bonchev–Trinajstić information content (AvgIpc) is 2.54. The van der Waals surface area contributed by atoms with Crippen molar-refractivity contribution >= 4 is 32.1 Å². The summed E-state index contributed by atoms with van der Waals surface area (Å²) in [6, 6.07) is 11.8. The van der Waals surface area contributed by atoms with Crippen molar-refractivity contribution in [3.05, 3.63) is 59.7 Å². The molecule has 136 valence electrons. The second-order valence-corrected chi connectivity index (χ2v) is 9.06. The molecule has 1 atom stereocenters. The molecule has 0 spiro atoms. The van der Waals surface area contributed by atoms with Crippen LogP contribution in [0.5, 0.6) is 0 Å². The van der Waals surface area contributed by atoms with E-state index < -0.39 is 9.73 Å². The first-order valence-electron chi connectivity index (χ1n) is 8.19. The quantitative estimate of drug-likeness (QED) is 0.726. The number of hydrogen-bond acceptors (Lipinski definition) is 5. The van der Waals surface area contributed by atoms with Crippen molar-refractivity contribution in [1.29, 1.82) is 0 Å². The molecule has 3 aromatic rings. The Balaban J connectivity index is 2.04. The molecule has 0 aliphatic heterocycles. The molecule has 26 heavy (non-hydrogen) atoms. The lowest BCUT2D eigenvalue weighted by atomic mass is 10.1. The summed E-state index contributed by atoms with van der Waals surface area (Å²) in [4.78, 5) is 8.96. The van der Waals surface area contributed by atoms with Gasteiger partial charge in [0.05, 0.1) is 11.2 Å². The van der Waals surface area contributed by atoms with Gasteiger partial charge in [-0.2, -0.15) is 4.36 Å². The third-order valence-corrected chi connectivity index (χ3v) is 4.49. The van der Waals surface area contributed by atoms with Crippen molar-refractivity contribution in [2.75, 3.05) is 17.8 Å². The van der Waals surface area contributed by atoms with Gasteiger partial charge < -0.3 is 5.32 Å². The highest BCUT2D eigenvalue weighted by molar-refractivity contribution is 7.92. The number of anilines is 1. The molecule has 0 saturated carbocycles. The maximum atomic E-state index is 13.1. The standard InChI is InChI=1S/C19H21FN4OS/c1-12(14-5-7-15(20)8-6-14)21-19-17-11-16(24-26(3,4)25)9-10-18(17)22-13(2)23-19/h5-12H,1-4H3,(H,21,22,23). The first kappa shape index (κ1) is 18.3. The Labute approximate surface area is 152 Å². The van der Waals surface area contributed by atoms with Crippen molar-refractivity contribution in [3.8, 4) is 0 Å². The van der Waals surface area contributed by atoms with Gasteiger partial charge in [-0.25, -0.2) is 18.6 Å². The van der Waals surface area contributed by atoms with E-state index in [2.05, 4.69) is 19.6 Å². The summed E-state index contributed by atoms with van der Waals surface area (Å²) in [5, 5.41) is 4.17. The zero-order valence-electron chi connectivity index (χ0n) is 15.2. The van der Waals surface area contributed by atoms with Crippen molar-refractivity contribution < 1.29 is 8.60 Å². The molecular formula is C19H21FN4OS. The smallest absolute Gasteiger partial charge is 0.138 e. The minimum Gasteiger partial charge on any atom is -0.363 e. The SMILES string of the molecule is Cc1nc(NC(C)c2ccc(F)cc2)c2cc(N=S(C)(C)=O)ccc2n1. The highest BCUT2D eigenvalue weighted by Gasteiger charge is 2.12. The number of nitrogens with zero attached hydrogens (tertiary/aromatic N) is 3. The van der Waals surface area contributed by atoms with E-state index >= 15 is 0 Å². The van der Waals surface area contributed by atoms with Crippen LogP contribution >= 0.6 is 0 Å². The van der Waals surface area contributed by atoms with Crippen LogP contribution in [-0.2, 0) is 9.73 Å². The average molecular weight is 372 g/mol. The lowest BCUT2D eigenvalue weighted by molar-refractivity contribution is 0.626. The van der Waals surface area contributed by atoms with Crippen LogP contribution in [0.3, 0.4) is 0 Å². The number of benzene rings is 2. The Hall–Kier alpha value is -2.54. The van der Waals surface area contributed by atoms with Crippen molar-refractivity contribution in [3.63, 3.8) is 0 Å². The monoisotopic (exact) mass is 372 g/mol. The number of rotatable bonds is 4. The Morgan fingerprint density at radius 1 is 1.12 bits per heavy atom. The van der Waals surface area contributed by atoms with Crippen LogP contribution in [0.15, 0.2) is 46.8 Å². The summed E-state index contributed by atoms with van der Waals surface area (Å²) in [5.74, 6) is 1.05. The molecule has 1 N–H and O–H groups in total. The number of fused-ring (bicyclic) bond motifs is 1. The first-order valence-corrected chi connectivity index (χ1v) is 10.5. The fraction of sp³-hybridized carbons (Fsp3) is 0.263. The molecule has 1 aromatic heterocycles. The summed E-state index contributed by atoms with van der Waals surface area (Å²) < 4.78 is 29.4. The minimum absolute atomic E-state index is 0.0738. The molecule has 0 aliphatic rings. The number of aromatic nitrogens is 2. The highest BCUT2D eigenvalue weighted by atomic mass is 32.2. The summed E-state index contributed by atoms with van der Waals surface area (Å²) in [5.41, 5.74) is 2.35. The second-order valence-electron chi connectivity index (χ2n) is 6.51. The molecule has 0 amide bonds. The largest absolute Gasteiger partial charge is 0.363 e. The fourth-order valence-electron chi connectivity index (χ4n) is 2.69. The van der Waals surface area contributed by atoms with Gasteiger partial charge >= 0.3 is 0 Å². The van der Waals surface area contributed by atoms with Gasteiger partial charge in [-0.05, 0) is 49.7 Å². The molecule has 1 heterocycles. The van der Waals surface area contributed by atoms with Crippen molar-refractivity contribution in [2.24, 2.45) is 4.36 Å². The van der Waals surface area contributed by atoms with E-state index in [0.717, 1.165) is 16.5 Å². The summed E-state index contributed by atoms with van der Waals surface area (Å²) >= 11 is 0. The van der Waals surface area contributed by atoms with Crippen LogP contribution < -0.4 is 5.32 Å². The van der Waals surface area contributed by atoms with E-state index in [-0.39, 0.29) is 11.9 Å². The molecule has 1 unspecified atom stereocenters.